The van der Waals surface area contributed by atoms with E-state index in [0.717, 1.165) is 19.3 Å². The van der Waals surface area contributed by atoms with Crippen LogP contribution in [0.25, 0.3) is 0 Å². The largest absolute Gasteiger partial charge is 0.491 e. The van der Waals surface area contributed by atoms with Gasteiger partial charge in [0.25, 0.3) is 0 Å². The molecule has 2 rings (SSSR count). The predicted molar refractivity (Wildman–Crippen MR) is 89.6 cm³/mol. The highest BCUT2D eigenvalue weighted by Crippen LogP contribution is 2.29. The van der Waals surface area contributed by atoms with Crippen molar-refractivity contribution < 1.29 is 23.0 Å². The van der Waals surface area contributed by atoms with E-state index in [9.17, 15) is 8.78 Å². The molecular formula is C19H28F2O3. The Balaban J connectivity index is 1.77. The van der Waals surface area contributed by atoms with Crippen LogP contribution in [0.5, 0.6) is 11.5 Å². The Hall–Kier alpha value is -1.36. The second kappa shape index (κ2) is 9.82. The van der Waals surface area contributed by atoms with E-state index >= 15 is 0 Å². The Bertz CT molecular complexity index is 500. The van der Waals surface area contributed by atoms with Crippen LogP contribution in [-0.2, 0) is 4.74 Å². The highest BCUT2D eigenvalue weighted by Gasteiger charge is 2.23. The van der Waals surface area contributed by atoms with Crippen LogP contribution in [0.4, 0.5) is 8.78 Å². The maximum absolute atomic E-state index is 14.0. The molecule has 0 amide bonds. The highest BCUT2D eigenvalue weighted by atomic mass is 19.2. The molecule has 0 N–H and O–H groups in total. The molecule has 1 aliphatic rings. The minimum atomic E-state index is -0.995. The lowest BCUT2D eigenvalue weighted by atomic mass is 9.96. The average Bonchev–Trinajstić information content (AvgIpc) is 2.60. The van der Waals surface area contributed by atoms with Crippen molar-refractivity contribution in [2.75, 3.05) is 19.8 Å². The lowest BCUT2D eigenvalue weighted by molar-refractivity contribution is -0.0317. The number of unbranched alkanes of at least 4 members (excludes halogenated alkanes) is 2. The van der Waals surface area contributed by atoms with Gasteiger partial charge in [-0.2, -0.15) is 8.78 Å². The summed E-state index contributed by atoms with van der Waals surface area (Å²) in [4.78, 5) is 0. The summed E-state index contributed by atoms with van der Waals surface area (Å²) in [6, 6.07) is 2.82. The Morgan fingerprint density at radius 2 is 1.75 bits per heavy atom. The molecule has 0 spiro atoms. The molecule has 2 atom stereocenters. The average molecular weight is 342 g/mol. The molecule has 1 saturated heterocycles. The van der Waals surface area contributed by atoms with Gasteiger partial charge in [-0.25, -0.2) is 0 Å². The third-order valence-electron chi connectivity index (χ3n) is 4.38. The summed E-state index contributed by atoms with van der Waals surface area (Å²) in [6.07, 6.45) is 7.13. The van der Waals surface area contributed by atoms with Gasteiger partial charge in [-0.1, -0.05) is 26.2 Å². The molecule has 0 aliphatic carbocycles. The van der Waals surface area contributed by atoms with Crippen molar-refractivity contribution in [3.63, 3.8) is 0 Å². The van der Waals surface area contributed by atoms with Gasteiger partial charge in [-0.15, -0.1) is 0 Å². The molecule has 136 valence electrons. The van der Waals surface area contributed by atoms with Crippen LogP contribution >= 0.6 is 0 Å². The lowest BCUT2D eigenvalue weighted by Crippen LogP contribution is -2.29. The van der Waals surface area contributed by atoms with Crippen molar-refractivity contribution >= 4 is 0 Å². The molecule has 0 aromatic heterocycles. The van der Waals surface area contributed by atoms with Gasteiger partial charge in [0.2, 0.25) is 11.6 Å². The van der Waals surface area contributed by atoms with Gasteiger partial charge in [0, 0.05) is 5.92 Å². The molecule has 3 nitrogen and oxygen atoms in total. The molecule has 5 heteroatoms. The smallest absolute Gasteiger partial charge is 0.204 e. The van der Waals surface area contributed by atoms with E-state index in [2.05, 4.69) is 6.92 Å². The molecule has 1 aromatic carbocycles. The van der Waals surface area contributed by atoms with E-state index in [0.29, 0.717) is 19.3 Å². The van der Waals surface area contributed by atoms with E-state index in [4.69, 9.17) is 14.2 Å². The van der Waals surface area contributed by atoms with Gasteiger partial charge in [0.1, 0.15) is 0 Å². The van der Waals surface area contributed by atoms with Crippen LogP contribution in [0.1, 0.15) is 52.4 Å². The Morgan fingerprint density at radius 1 is 1.04 bits per heavy atom. The molecule has 1 fully saturated rings. The van der Waals surface area contributed by atoms with Gasteiger partial charge in [0.15, 0.2) is 11.5 Å². The maximum Gasteiger partial charge on any atom is 0.204 e. The van der Waals surface area contributed by atoms with Gasteiger partial charge < -0.3 is 14.2 Å². The molecule has 1 aromatic rings. The third kappa shape index (κ3) is 5.33. The summed E-state index contributed by atoms with van der Waals surface area (Å²) < 4.78 is 44.1. The maximum atomic E-state index is 14.0. The fourth-order valence-electron chi connectivity index (χ4n) is 2.94. The normalized spacial score (nSPS) is 20.8. The topological polar surface area (TPSA) is 27.7 Å². The minimum Gasteiger partial charge on any atom is -0.491 e. The number of ether oxygens (including phenoxy) is 3. The van der Waals surface area contributed by atoms with Crippen molar-refractivity contribution in [3.8, 4) is 11.5 Å². The van der Waals surface area contributed by atoms with E-state index in [1.165, 1.54) is 31.4 Å². The van der Waals surface area contributed by atoms with Crippen LogP contribution in [0, 0.1) is 17.6 Å². The molecule has 1 heterocycles. The van der Waals surface area contributed by atoms with Gasteiger partial charge in [-0.3, -0.25) is 0 Å². The first-order valence-corrected chi connectivity index (χ1v) is 9.00. The first kappa shape index (κ1) is 19.0. The second-order valence-electron chi connectivity index (χ2n) is 6.33. The van der Waals surface area contributed by atoms with Gasteiger partial charge in [-0.05, 0) is 38.3 Å². The Labute approximate surface area is 143 Å². The molecule has 2 unspecified atom stereocenters. The van der Waals surface area contributed by atoms with Crippen molar-refractivity contribution in [1.82, 2.24) is 0 Å². The summed E-state index contributed by atoms with van der Waals surface area (Å²) in [6.45, 7) is 5.16. The molecular weight excluding hydrogens is 314 g/mol. The summed E-state index contributed by atoms with van der Waals surface area (Å²) >= 11 is 0. The summed E-state index contributed by atoms with van der Waals surface area (Å²) in [7, 11) is 0. The van der Waals surface area contributed by atoms with Crippen molar-refractivity contribution in [3.05, 3.63) is 23.8 Å². The van der Waals surface area contributed by atoms with E-state index in [1.54, 1.807) is 6.92 Å². The van der Waals surface area contributed by atoms with Gasteiger partial charge in [0.05, 0.1) is 25.9 Å². The minimum absolute atomic E-state index is 0.0685. The van der Waals surface area contributed by atoms with Crippen LogP contribution in [0.2, 0.25) is 0 Å². The van der Waals surface area contributed by atoms with Crippen molar-refractivity contribution in [2.45, 2.75) is 58.5 Å². The number of rotatable bonds is 9. The number of benzene rings is 1. The fourth-order valence-corrected chi connectivity index (χ4v) is 2.94. The SMILES string of the molecule is CCCCCC1CCC(COc2ccc(OCC)c(F)c2F)CO1. The quantitative estimate of drug-likeness (QED) is 0.583. The van der Waals surface area contributed by atoms with Crippen LogP contribution < -0.4 is 9.47 Å². The zero-order valence-corrected chi connectivity index (χ0v) is 14.7. The number of hydrogen-bond acceptors (Lipinski definition) is 3. The molecule has 0 saturated carbocycles. The first-order chi connectivity index (χ1) is 11.7. The second-order valence-corrected chi connectivity index (χ2v) is 6.33. The van der Waals surface area contributed by atoms with Crippen molar-refractivity contribution in [2.24, 2.45) is 5.92 Å². The van der Waals surface area contributed by atoms with E-state index in [1.807, 2.05) is 0 Å². The van der Waals surface area contributed by atoms with Gasteiger partial charge >= 0.3 is 0 Å². The zero-order chi connectivity index (χ0) is 17.4. The van der Waals surface area contributed by atoms with E-state index < -0.39 is 11.6 Å². The summed E-state index contributed by atoms with van der Waals surface area (Å²) in [5.41, 5.74) is 0. The monoisotopic (exact) mass is 342 g/mol. The van der Waals surface area contributed by atoms with Crippen LogP contribution in [0.3, 0.4) is 0 Å². The lowest BCUT2D eigenvalue weighted by Gasteiger charge is -2.29. The third-order valence-corrected chi connectivity index (χ3v) is 4.38. The Morgan fingerprint density at radius 3 is 2.33 bits per heavy atom. The molecule has 0 bridgehead atoms. The zero-order valence-electron chi connectivity index (χ0n) is 14.7. The van der Waals surface area contributed by atoms with Crippen LogP contribution in [-0.4, -0.2) is 25.9 Å². The fraction of sp³-hybridized carbons (Fsp3) is 0.684. The molecule has 1 aliphatic heterocycles. The summed E-state index contributed by atoms with van der Waals surface area (Å²) in [5.74, 6) is -1.92. The summed E-state index contributed by atoms with van der Waals surface area (Å²) in [5, 5.41) is 0. The number of hydrogen-bond donors (Lipinski definition) is 0. The van der Waals surface area contributed by atoms with Crippen molar-refractivity contribution in [1.29, 1.82) is 0 Å². The van der Waals surface area contributed by atoms with E-state index in [-0.39, 0.29) is 24.0 Å². The standard InChI is InChI=1S/C19H28F2O3/c1-3-5-6-7-15-9-8-14(12-23-15)13-24-17-11-10-16(22-4-2)18(20)19(17)21/h10-11,14-15H,3-9,12-13H2,1-2H3. The number of halogens is 2. The molecule has 0 radical (unpaired) electrons. The van der Waals surface area contributed by atoms with Crippen LogP contribution in [0.15, 0.2) is 12.1 Å². The predicted octanol–water partition coefficient (Wildman–Crippen LogP) is 5.12. The molecule has 24 heavy (non-hydrogen) atoms. The highest BCUT2D eigenvalue weighted by molar-refractivity contribution is 5.35. The first-order valence-electron chi connectivity index (χ1n) is 9.00. The Kier molecular flexibility index (Phi) is 7.76.